The second-order valence-corrected chi connectivity index (χ2v) is 3.96. The minimum atomic E-state index is -0.358. The molecular weight excluding hydrogens is 228 g/mol. The van der Waals surface area contributed by atoms with Gasteiger partial charge in [-0.1, -0.05) is 6.92 Å². The van der Waals surface area contributed by atoms with Crippen molar-refractivity contribution >= 4 is 22.2 Å². The summed E-state index contributed by atoms with van der Waals surface area (Å²) in [7, 11) is 2.56. The molecule has 0 aromatic heterocycles. The fraction of sp³-hybridized carbons (Fsp3) is 0.800. The molecule has 1 aliphatic rings. The molecule has 0 radical (unpaired) electrons. The fourth-order valence-corrected chi connectivity index (χ4v) is 0.553. The number of cyclic esters (lactones) is 1. The predicted molar refractivity (Wildman–Crippen MR) is 64.3 cm³/mol. The Morgan fingerprint density at radius 2 is 2.00 bits per heavy atom. The lowest BCUT2D eigenvalue weighted by Crippen LogP contribution is -2.31. The highest BCUT2D eigenvalue weighted by atomic mass is 28.2. The predicted octanol–water partition coefficient (Wildman–Crippen LogP) is -0.153. The molecule has 1 unspecified atom stereocenters. The number of esters is 1. The minimum absolute atomic E-state index is 0.253. The zero-order chi connectivity index (χ0) is 13.0. The van der Waals surface area contributed by atoms with Crippen molar-refractivity contribution < 1.29 is 23.5 Å². The molecule has 1 heterocycles. The van der Waals surface area contributed by atoms with E-state index in [1.807, 2.05) is 6.92 Å². The average molecular weight is 250 g/mol. The highest BCUT2D eigenvalue weighted by molar-refractivity contribution is 5.97. The van der Waals surface area contributed by atoms with E-state index in [-0.39, 0.29) is 17.9 Å². The number of rotatable bonds is 1. The maximum atomic E-state index is 10.4. The van der Waals surface area contributed by atoms with Crippen molar-refractivity contribution in [3.63, 3.8) is 0 Å². The second-order valence-electron chi connectivity index (χ2n) is 3.14. The van der Waals surface area contributed by atoms with E-state index in [4.69, 9.17) is 4.74 Å². The van der Waals surface area contributed by atoms with Crippen LogP contribution in [0.25, 0.3) is 0 Å². The van der Waals surface area contributed by atoms with Crippen molar-refractivity contribution in [2.24, 2.45) is 0 Å². The van der Waals surface area contributed by atoms with Gasteiger partial charge in [0.15, 0.2) is 6.10 Å². The van der Waals surface area contributed by atoms with Crippen molar-refractivity contribution in [1.82, 2.24) is 0 Å². The summed E-state index contributed by atoms with van der Waals surface area (Å²) in [5, 5.41) is 0. The van der Waals surface area contributed by atoms with Crippen molar-refractivity contribution in [3.05, 3.63) is 0 Å². The number of hydrogen-bond acceptors (Lipinski definition) is 5. The van der Waals surface area contributed by atoms with Gasteiger partial charge in [-0.25, -0.2) is 4.79 Å². The average Bonchev–Trinajstić information content (AvgIpc) is 2.24. The van der Waals surface area contributed by atoms with E-state index in [9.17, 15) is 9.59 Å². The van der Waals surface area contributed by atoms with Gasteiger partial charge in [-0.2, -0.15) is 0 Å². The smallest absolute Gasteiger partial charge is 0.335 e. The van der Waals surface area contributed by atoms with Gasteiger partial charge >= 0.3 is 5.97 Å². The Kier molecular flexibility index (Phi) is 13.6. The van der Waals surface area contributed by atoms with E-state index < -0.39 is 0 Å². The number of Topliss-reactive ketones (excluding diaryl/α,β-unsaturated/α-hetero) is 1. The van der Waals surface area contributed by atoms with E-state index in [1.54, 1.807) is 21.0 Å². The van der Waals surface area contributed by atoms with E-state index in [0.29, 0.717) is 19.6 Å². The first-order chi connectivity index (χ1) is 7.49. The Morgan fingerprint density at radius 3 is 2.19 bits per heavy atom. The molecular formula is C10H22O5Si. The second kappa shape index (κ2) is 12.3. The van der Waals surface area contributed by atoms with Crippen LogP contribution in [0.5, 0.6) is 0 Å². The van der Waals surface area contributed by atoms with Crippen LogP contribution in [0.1, 0.15) is 27.2 Å². The number of carbonyl (C=O) groups is 2. The van der Waals surface area contributed by atoms with Crippen molar-refractivity contribution in [3.8, 4) is 0 Å². The monoisotopic (exact) mass is 250 g/mol. The summed E-state index contributed by atoms with van der Waals surface area (Å²) in [6, 6.07) is 0. The van der Waals surface area contributed by atoms with Gasteiger partial charge in [0, 0.05) is 13.5 Å². The molecule has 6 heteroatoms. The van der Waals surface area contributed by atoms with E-state index in [1.165, 1.54) is 0 Å². The molecule has 0 N–H and O–H groups in total. The Labute approximate surface area is 100.0 Å². The molecule has 1 atom stereocenters. The van der Waals surface area contributed by atoms with Crippen LogP contribution in [0, 0.1) is 0 Å². The molecule has 0 spiro atoms. The zero-order valence-electron chi connectivity index (χ0n) is 10.7. The van der Waals surface area contributed by atoms with E-state index in [0.717, 1.165) is 10.5 Å². The first kappa shape index (κ1) is 17.7. The Balaban J connectivity index is 0. The van der Waals surface area contributed by atoms with Crippen LogP contribution in [0.2, 0.25) is 0 Å². The lowest BCUT2D eigenvalue weighted by molar-refractivity contribution is -0.169. The summed E-state index contributed by atoms with van der Waals surface area (Å²) in [6.45, 7) is 6.06. The molecule has 1 aliphatic heterocycles. The third-order valence-corrected chi connectivity index (χ3v) is 1.53. The third-order valence-electron chi connectivity index (χ3n) is 1.53. The van der Waals surface area contributed by atoms with Crippen LogP contribution in [0.3, 0.4) is 0 Å². The fourth-order valence-electron chi connectivity index (χ4n) is 0.553. The molecule has 0 aromatic carbocycles. The summed E-state index contributed by atoms with van der Waals surface area (Å²) in [6.07, 6.45) is 0.309. The Hall–Kier alpha value is -0.723. The summed E-state index contributed by atoms with van der Waals surface area (Å²) in [4.78, 5) is 20.3. The van der Waals surface area contributed by atoms with Gasteiger partial charge < -0.3 is 18.7 Å². The van der Waals surface area contributed by atoms with E-state index >= 15 is 0 Å². The Bertz CT molecular complexity index is 196. The quantitative estimate of drug-likeness (QED) is 0.478. The van der Waals surface area contributed by atoms with Gasteiger partial charge in [0.25, 0.3) is 0 Å². The lowest BCUT2D eigenvalue weighted by Gasteiger charge is -2.17. The molecule has 1 rings (SSSR count). The summed E-state index contributed by atoms with van der Waals surface area (Å²) < 4.78 is 13.9. The molecule has 0 amide bonds. The van der Waals surface area contributed by atoms with Crippen molar-refractivity contribution in [1.29, 1.82) is 0 Å². The van der Waals surface area contributed by atoms with Crippen LogP contribution in [0.15, 0.2) is 0 Å². The summed E-state index contributed by atoms with van der Waals surface area (Å²) >= 11 is 0. The highest BCUT2D eigenvalue weighted by Crippen LogP contribution is 1.99. The van der Waals surface area contributed by atoms with Crippen LogP contribution >= 0.6 is 0 Å². The summed E-state index contributed by atoms with van der Waals surface area (Å²) in [5.74, 6) is 0.00116. The SMILES string of the molecule is CC1OCCOC1=O.CCC(C)=O.CO[SiH3]. The molecule has 5 nitrogen and oxygen atoms in total. The first-order valence-electron chi connectivity index (χ1n) is 5.17. The van der Waals surface area contributed by atoms with Gasteiger partial charge in [0.1, 0.15) is 22.9 Å². The van der Waals surface area contributed by atoms with Crippen molar-refractivity contribution in [2.75, 3.05) is 20.3 Å². The standard InChI is InChI=1S/C5H8O3.C4H8O.CH6OSi/c1-4-5(6)8-3-2-7-4;1-3-4(2)5;1-2-3/h4H,2-3H2,1H3;3H2,1-2H3;1,3H3. The molecule has 1 saturated heterocycles. The van der Waals surface area contributed by atoms with E-state index in [2.05, 4.69) is 9.16 Å². The molecule has 1 fully saturated rings. The van der Waals surface area contributed by atoms with Crippen LogP contribution in [0.4, 0.5) is 0 Å². The molecule has 0 bridgehead atoms. The third kappa shape index (κ3) is 13.3. The largest absolute Gasteiger partial charge is 0.461 e. The van der Waals surface area contributed by atoms with Gasteiger partial charge in [0.2, 0.25) is 0 Å². The molecule has 16 heavy (non-hydrogen) atoms. The lowest BCUT2D eigenvalue weighted by atomic mass is 10.4. The van der Waals surface area contributed by atoms with Crippen molar-refractivity contribution in [2.45, 2.75) is 33.3 Å². The van der Waals surface area contributed by atoms with Gasteiger partial charge in [-0.15, -0.1) is 0 Å². The number of ether oxygens (including phenoxy) is 2. The molecule has 0 aromatic rings. The minimum Gasteiger partial charge on any atom is -0.461 e. The van der Waals surface area contributed by atoms with Gasteiger partial charge in [-0.05, 0) is 13.8 Å². The molecule has 96 valence electrons. The van der Waals surface area contributed by atoms with Crippen LogP contribution in [-0.2, 0) is 23.5 Å². The normalized spacial score (nSPS) is 18.5. The molecule has 0 saturated carbocycles. The maximum Gasteiger partial charge on any atom is 0.335 e. The Morgan fingerprint density at radius 1 is 1.56 bits per heavy atom. The zero-order valence-corrected chi connectivity index (χ0v) is 12.7. The molecule has 0 aliphatic carbocycles. The number of carbonyl (C=O) groups excluding carboxylic acids is 2. The first-order valence-corrected chi connectivity index (χ1v) is 5.99. The summed E-state index contributed by atoms with van der Waals surface area (Å²) in [5.41, 5.74) is 0. The van der Waals surface area contributed by atoms with Crippen LogP contribution in [-0.4, -0.2) is 48.7 Å². The highest BCUT2D eigenvalue weighted by Gasteiger charge is 2.18. The van der Waals surface area contributed by atoms with Gasteiger partial charge in [0.05, 0.1) is 6.61 Å². The maximum absolute atomic E-state index is 10.4. The number of hydrogen-bond donors (Lipinski definition) is 0. The number of ketones is 1. The van der Waals surface area contributed by atoms with Gasteiger partial charge in [-0.3, -0.25) is 0 Å². The van der Waals surface area contributed by atoms with Crippen LogP contribution < -0.4 is 0 Å². The topological polar surface area (TPSA) is 61.8 Å².